The van der Waals surface area contributed by atoms with Crippen LogP contribution in [0.1, 0.15) is 27.6 Å². The van der Waals surface area contributed by atoms with E-state index >= 15 is 0 Å². The maximum absolute atomic E-state index is 13.6. The minimum absolute atomic E-state index is 0.0878. The fourth-order valence-corrected chi connectivity index (χ4v) is 3.48. The molecule has 9 heteroatoms. The summed E-state index contributed by atoms with van der Waals surface area (Å²) in [6.07, 6.45) is 0. The zero-order valence-electron chi connectivity index (χ0n) is 15.8. The van der Waals surface area contributed by atoms with Crippen molar-refractivity contribution in [1.82, 2.24) is 10.0 Å². The minimum atomic E-state index is -0.503. The number of hydrazine groups is 1. The molecule has 0 fully saturated rings. The third kappa shape index (κ3) is 4.45. The van der Waals surface area contributed by atoms with Crippen LogP contribution in [0.4, 0.5) is 10.1 Å². The number of thioether (sulfide) groups is 1. The molecule has 0 aliphatic carbocycles. The largest absolute Gasteiger partial charge is 0.465 e. The molecule has 0 saturated carbocycles. The van der Waals surface area contributed by atoms with E-state index in [0.717, 1.165) is 16.8 Å². The van der Waals surface area contributed by atoms with Gasteiger partial charge in [-0.1, -0.05) is 30.0 Å². The van der Waals surface area contributed by atoms with E-state index < -0.39 is 23.6 Å². The summed E-state index contributed by atoms with van der Waals surface area (Å²) >= 11 is 0.981. The third-order valence-corrected chi connectivity index (χ3v) is 5.00. The van der Waals surface area contributed by atoms with Gasteiger partial charge in [0.05, 0.1) is 29.2 Å². The van der Waals surface area contributed by atoms with Crippen molar-refractivity contribution in [2.24, 2.45) is 4.99 Å². The van der Waals surface area contributed by atoms with Crippen molar-refractivity contribution in [2.75, 3.05) is 19.4 Å². The molecule has 1 aliphatic rings. The highest BCUT2D eigenvalue weighted by molar-refractivity contribution is 8.14. The van der Waals surface area contributed by atoms with Gasteiger partial charge in [0.1, 0.15) is 5.82 Å². The number of amidine groups is 1. The van der Waals surface area contributed by atoms with Crippen molar-refractivity contribution < 1.29 is 23.5 Å². The van der Waals surface area contributed by atoms with E-state index in [0.29, 0.717) is 0 Å². The molecule has 2 aromatic carbocycles. The third-order valence-electron chi connectivity index (χ3n) is 4.01. The number of nitrogens with zero attached hydrogens (tertiary/aromatic N) is 3. The van der Waals surface area contributed by atoms with Gasteiger partial charge in [-0.25, -0.2) is 9.38 Å². The summed E-state index contributed by atoms with van der Waals surface area (Å²) in [5, 5.41) is 2.37. The number of benzene rings is 2. The summed E-state index contributed by atoms with van der Waals surface area (Å²) in [7, 11) is 1.48. The predicted molar refractivity (Wildman–Crippen MR) is 107 cm³/mol. The molecule has 1 heterocycles. The van der Waals surface area contributed by atoms with E-state index in [2.05, 4.69) is 4.99 Å². The maximum Gasteiger partial charge on any atom is 0.316 e. The van der Waals surface area contributed by atoms with Crippen molar-refractivity contribution in [2.45, 2.75) is 6.92 Å². The van der Waals surface area contributed by atoms with Gasteiger partial charge in [0.2, 0.25) is 0 Å². The second kappa shape index (κ2) is 8.87. The summed E-state index contributed by atoms with van der Waals surface area (Å²) < 4.78 is 18.5. The second-order valence-electron chi connectivity index (χ2n) is 5.96. The smallest absolute Gasteiger partial charge is 0.316 e. The van der Waals surface area contributed by atoms with Crippen molar-refractivity contribution in [1.29, 1.82) is 0 Å². The van der Waals surface area contributed by atoms with Gasteiger partial charge in [-0.2, -0.15) is 5.01 Å². The average Bonchev–Trinajstić information content (AvgIpc) is 2.96. The Labute approximate surface area is 171 Å². The highest BCUT2D eigenvalue weighted by atomic mass is 32.2. The Kier molecular flexibility index (Phi) is 6.28. The van der Waals surface area contributed by atoms with E-state index in [-0.39, 0.29) is 34.3 Å². The van der Waals surface area contributed by atoms with Gasteiger partial charge in [-0.05, 0) is 37.3 Å². The lowest BCUT2D eigenvalue weighted by atomic mass is 10.1. The zero-order valence-corrected chi connectivity index (χ0v) is 16.6. The van der Waals surface area contributed by atoms with Gasteiger partial charge in [-0.3, -0.25) is 19.4 Å². The lowest BCUT2D eigenvalue weighted by molar-refractivity contribution is -0.139. The summed E-state index contributed by atoms with van der Waals surface area (Å²) in [6, 6.07) is 12.0. The topological polar surface area (TPSA) is 79.3 Å². The second-order valence-corrected chi connectivity index (χ2v) is 6.90. The highest BCUT2D eigenvalue weighted by Gasteiger charge is 2.39. The first-order valence-corrected chi connectivity index (χ1v) is 9.75. The average molecular weight is 415 g/mol. The number of rotatable bonds is 5. The van der Waals surface area contributed by atoms with Gasteiger partial charge >= 0.3 is 5.97 Å². The molecule has 0 spiro atoms. The molecule has 0 radical (unpaired) electrons. The van der Waals surface area contributed by atoms with Crippen LogP contribution in [0.5, 0.6) is 0 Å². The molecule has 2 amide bonds. The molecule has 150 valence electrons. The minimum Gasteiger partial charge on any atom is -0.465 e. The first-order valence-electron chi connectivity index (χ1n) is 8.76. The number of carbonyl (C=O) groups excluding carboxylic acids is 3. The Morgan fingerprint density at radius 2 is 1.79 bits per heavy atom. The number of fused-ring (bicyclic) bond motifs is 1. The van der Waals surface area contributed by atoms with Gasteiger partial charge < -0.3 is 4.74 Å². The predicted octanol–water partition coefficient (Wildman–Crippen LogP) is 3.25. The summed E-state index contributed by atoms with van der Waals surface area (Å²) in [6.45, 7) is 1.92. The van der Waals surface area contributed by atoms with Gasteiger partial charge in [0.15, 0.2) is 5.17 Å². The van der Waals surface area contributed by atoms with Crippen LogP contribution in [0, 0.1) is 5.82 Å². The Morgan fingerprint density at radius 1 is 1.14 bits per heavy atom. The summed E-state index contributed by atoms with van der Waals surface area (Å²) in [4.78, 5) is 41.6. The number of hydrogen-bond acceptors (Lipinski definition) is 6. The number of ether oxygens (including phenoxy) is 1. The van der Waals surface area contributed by atoms with Crippen LogP contribution in [-0.2, 0) is 9.53 Å². The lowest BCUT2D eigenvalue weighted by Crippen LogP contribution is -2.46. The molecular weight excluding hydrogens is 397 g/mol. The number of hydrogen-bond donors (Lipinski definition) is 0. The van der Waals surface area contributed by atoms with Gasteiger partial charge in [0, 0.05) is 7.05 Å². The van der Waals surface area contributed by atoms with Crippen molar-refractivity contribution >= 4 is 40.4 Å². The summed E-state index contributed by atoms with van der Waals surface area (Å²) in [5.74, 6) is -2.05. The van der Waals surface area contributed by atoms with E-state index in [4.69, 9.17) is 4.74 Å². The molecule has 29 heavy (non-hydrogen) atoms. The van der Waals surface area contributed by atoms with Crippen molar-refractivity contribution in [3.8, 4) is 0 Å². The first-order chi connectivity index (χ1) is 13.9. The van der Waals surface area contributed by atoms with Gasteiger partial charge in [-0.15, -0.1) is 0 Å². The van der Waals surface area contributed by atoms with Crippen LogP contribution >= 0.6 is 11.8 Å². The van der Waals surface area contributed by atoms with Crippen molar-refractivity contribution in [3.63, 3.8) is 0 Å². The van der Waals surface area contributed by atoms with E-state index in [1.165, 1.54) is 30.3 Å². The SMILES string of the molecule is CCOC(=O)CSC(=Nc1cccc(F)c1)N(C)N1C(=O)c2ccccc2C1=O. The molecular formula is C20H18FN3O4S. The molecule has 0 atom stereocenters. The van der Waals surface area contributed by atoms with Crippen LogP contribution in [0.15, 0.2) is 53.5 Å². The lowest BCUT2D eigenvalue weighted by Gasteiger charge is -2.28. The number of imide groups is 1. The molecule has 0 N–H and O–H groups in total. The molecule has 0 bridgehead atoms. The van der Waals surface area contributed by atoms with Crippen LogP contribution in [0.3, 0.4) is 0 Å². The van der Waals surface area contributed by atoms with E-state index in [1.54, 1.807) is 37.3 Å². The van der Waals surface area contributed by atoms with Crippen LogP contribution in [-0.4, -0.2) is 52.4 Å². The standard InChI is InChI=1S/C20H18FN3O4S/c1-3-28-17(25)12-29-20(22-14-8-6-7-13(21)11-14)23(2)24-18(26)15-9-4-5-10-16(15)19(24)27/h4-11H,3,12H2,1-2H3. The molecule has 3 rings (SSSR count). The highest BCUT2D eigenvalue weighted by Crippen LogP contribution is 2.26. The van der Waals surface area contributed by atoms with Crippen LogP contribution < -0.4 is 0 Å². The molecule has 0 unspecified atom stereocenters. The number of halogens is 1. The Bertz CT molecular complexity index is 960. The maximum atomic E-state index is 13.6. The normalized spacial score (nSPS) is 13.5. The fraction of sp³-hybridized carbons (Fsp3) is 0.200. The van der Waals surface area contributed by atoms with Crippen molar-refractivity contribution in [3.05, 3.63) is 65.5 Å². The zero-order chi connectivity index (χ0) is 21.0. The van der Waals surface area contributed by atoms with E-state index in [9.17, 15) is 18.8 Å². The first kappa shape index (κ1) is 20.5. The number of carbonyl (C=O) groups is 3. The van der Waals surface area contributed by atoms with Crippen LogP contribution in [0.25, 0.3) is 0 Å². The van der Waals surface area contributed by atoms with Gasteiger partial charge in [0.25, 0.3) is 11.8 Å². The van der Waals surface area contributed by atoms with E-state index in [1.807, 2.05) is 0 Å². The fourth-order valence-electron chi connectivity index (χ4n) is 2.71. The quantitative estimate of drug-likeness (QED) is 0.323. The number of aliphatic imine (C=N–C) groups is 1. The molecule has 0 aromatic heterocycles. The molecule has 1 aliphatic heterocycles. The molecule has 2 aromatic rings. The Balaban J connectivity index is 1.92. The molecule has 7 nitrogen and oxygen atoms in total. The Morgan fingerprint density at radius 3 is 2.38 bits per heavy atom. The summed E-state index contributed by atoms with van der Waals surface area (Å²) in [5.41, 5.74) is 0.842. The number of amides is 2. The molecule has 0 saturated heterocycles. The monoisotopic (exact) mass is 415 g/mol. The number of esters is 1. The Hall–Kier alpha value is -3.20. The van der Waals surface area contributed by atoms with Crippen LogP contribution in [0.2, 0.25) is 0 Å².